The number of rotatable bonds is 8. The first-order chi connectivity index (χ1) is 8.69. The van der Waals surface area contributed by atoms with Gasteiger partial charge in [0, 0.05) is 24.3 Å². The van der Waals surface area contributed by atoms with Crippen LogP contribution in [0.5, 0.6) is 5.75 Å². The third-order valence-electron chi connectivity index (χ3n) is 2.64. The molecule has 4 heteroatoms. The van der Waals surface area contributed by atoms with Crippen molar-refractivity contribution in [3.8, 4) is 5.75 Å². The van der Waals surface area contributed by atoms with Crippen LogP contribution in [-0.4, -0.2) is 19.9 Å². The fourth-order valence-corrected chi connectivity index (χ4v) is 1.65. The molecule has 0 saturated heterocycles. The van der Waals surface area contributed by atoms with Gasteiger partial charge in [-0.15, -0.1) is 0 Å². The summed E-state index contributed by atoms with van der Waals surface area (Å²) in [5.74, 6) is 0.243. The molecule has 0 bridgehead atoms. The monoisotopic (exact) mass is 255 g/mol. The molecule has 0 saturated carbocycles. The number of ether oxygens (including phenoxy) is 2. The molecule has 0 aliphatic heterocycles. The fraction of sp³-hybridized carbons (Fsp3) is 0.571. The van der Waals surface area contributed by atoms with Crippen LogP contribution < -0.4 is 10.1 Å². The fourth-order valence-electron chi connectivity index (χ4n) is 1.65. The van der Waals surface area contributed by atoms with Gasteiger partial charge in [-0.25, -0.2) is 4.39 Å². The Bertz CT molecular complexity index is 358. The summed E-state index contributed by atoms with van der Waals surface area (Å²) in [6.07, 6.45) is 1.06. The van der Waals surface area contributed by atoms with E-state index in [0.29, 0.717) is 12.4 Å². The second-order valence-corrected chi connectivity index (χ2v) is 4.11. The van der Waals surface area contributed by atoms with Crippen LogP contribution in [0.2, 0.25) is 0 Å². The molecular weight excluding hydrogens is 233 g/mol. The van der Waals surface area contributed by atoms with Crippen molar-refractivity contribution >= 4 is 0 Å². The quantitative estimate of drug-likeness (QED) is 0.571. The zero-order valence-electron chi connectivity index (χ0n) is 11.3. The second kappa shape index (κ2) is 8.06. The average molecular weight is 255 g/mol. The lowest BCUT2D eigenvalue weighted by Crippen LogP contribution is -2.20. The molecule has 0 radical (unpaired) electrons. The van der Waals surface area contributed by atoms with Crippen molar-refractivity contribution in [3.05, 3.63) is 29.6 Å². The Balaban J connectivity index is 2.74. The van der Waals surface area contributed by atoms with E-state index in [0.717, 1.165) is 18.5 Å². The topological polar surface area (TPSA) is 30.5 Å². The summed E-state index contributed by atoms with van der Waals surface area (Å²) < 4.78 is 23.8. The maximum absolute atomic E-state index is 13.2. The van der Waals surface area contributed by atoms with Crippen molar-refractivity contribution in [3.63, 3.8) is 0 Å². The summed E-state index contributed by atoms with van der Waals surface area (Å²) >= 11 is 0. The van der Waals surface area contributed by atoms with E-state index in [9.17, 15) is 4.39 Å². The largest absolute Gasteiger partial charge is 0.467 e. The van der Waals surface area contributed by atoms with Gasteiger partial charge < -0.3 is 14.8 Å². The van der Waals surface area contributed by atoms with E-state index < -0.39 is 0 Å². The van der Waals surface area contributed by atoms with E-state index >= 15 is 0 Å². The number of halogens is 1. The van der Waals surface area contributed by atoms with Crippen LogP contribution in [0.25, 0.3) is 0 Å². The lowest BCUT2D eigenvalue weighted by atomic mass is 10.1. The highest BCUT2D eigenvalue weighted by Crippen LogP contribution is 2.26. The first-order valence-electron chi connectivity index (χ1n) is 6.42. The number of nitrogens with one attached hydrogen (secondary N) is 1. The van der Waals surface area contributed by atoms with Crippen molar-refractivity contribution in [1.82, 2.24) is 5.32 Å². The molecule has 0 aliphatic rings. The lowest BCUT2D eigenvalue weighted by molar-refractivity contribution is 0.0214. The number of hydrogen-bond donors (Lipinski definition) is 1. The minimum atomic E-state index is -0.298. The Hall–Kier alpha value is -1.13. The van der Waals surface area contributed by atoms with Gasteiger partial charge in [-0.05, 0) is 32.9 Å². The first-order valence-corrected chi connectivity index (χ1v) is 6.42. The van der Waals surface area contributed by atoms with Gasteiger partial charge in [-0.2, -0.15) is 0 Å². The van der Waals surface area contributed by atoms with E-state index in [1.165, 1.54) is 12.1 Å². The lowest BCUT2D eigenvalue weighted by Gasteiger charge is -2.18. The normalized spacial score (nSPS) is 12.4. The van der Waals surface area contributed by atoms with E-state index in [1.807, 2.05) is 13.8 Å². The molecule has 102 valence electrons. The molecule has 3 nitrogen and oxygen atoms in total. The predicted molar refractivity (Wildman–Crippen MR) is 70.2 cm³/mol. The van der Waals surface area contributed by atoms with Crippen molar-refractivity contribution in [2.45, 2.75) is 33.2 Å². The van der Waals surface area contributed by atoms with Crippen LogP contribution in [0.1, 0.15) is 38.8 Å². The van der Waals surface area contributed by atoms with E-state index in [4.69, 9.17) is 9.47 Å². The maximum atomic E-state index is 13.2. The van der Waals surface area contributed by atoms with Gasteiger partial charge in [0.1, 0.15) is 11.6 Å². The SMILES string of the molecule is CCCNC(C)c1ccc(F)cc1OCOCC. The van der Waals surface area contributed by atoms with Gasteiger partial charge in [0.2, 0.25) is 0 Å². The Morgan fingerprint density at radius 2 is 2.11 bits per heavy atom. The molecule has 1 aromatic rings. The Labute approximate surface area is 108 Å². The minimum Gasteiger partial charge on any atom is -0.467 e. The summed E-state index contributed by atoms with van der Waals surface area (Å²) in [5, 5.41) is 3.36. The van der Waals surface area contributed by atoms with E-state index in [2.05, 4.69) is 12.2 Å². The van der Waals surface area contributed by atoms with Crippen LogP contribution in [0, 0.1) is 5.82 Å². The van der Waals surface area contributed by atoms with Gasteiger partial charge in [-0.3, -0.25) is 0 Å². The summed E-state index contributed by atoms with van der Waals surface area (Å²) in [6, 6.07) is 4.73. The van der Waals surface area contributed by atoms with Crippen LogP contribution in [0.4, 0.5) is 4.39 Å². The molecule has 0 amide bonds. The highest BCUT2D eigenvalue weighted by Gasteiger charge is 2.12. The van der Waals surface area contributed by atoms with Gasteiger partial charge in [-0.1, -0.05) is 13.0 Å². The molecule has 1 rings (SSSR count). The zero-order valence-corrected chi connectivity index (χ0v) is 11.3. The first kappa shape index (κ1) is 14.9. The Morgan fingerprint density at radius 3 is 2.78 bits per heavy atom. The molecule has 1 N–H and O–H groups in total. The molecule has 0 spiro atoms. The molecule has 18 heavy (non-hydrogen) atoms. The molecule has 1 atom stereocenters. The smallest absolute Gasteiger partial charge is 0.189 e. The van der Waals surface area contributed by atoms with Gasteiger partial charge in [0.25, 0.3) is 0 Å². The standard InChI is InChI=1S/C14H22FNO2/c1-4-8-16-11(3)13-7-6-12(15)9-14(13)18-10-17-5-2/h6-7,9,11,16H,4-5,8,10H2,1-3H3. The summed E-state index contributed by atoms with van der Waals surface area (Å²) in [4.78, 5) is 0. The van der Waals surface area contributed by atoms with Crippen LogP contribution >= 0.6 is 0 Å². The molecular formula is C14H22FNO2. The van der Waals surface area contributed by atoms with Gasteiger partial charge >= 0.3 is 0 Å². The average Bonchev–Trinajstić information content (AvgIpc) is 2.36. The second-order valence-electron chi connectivity index (χ2n) is 4.11. The van der Waals surface area contributed by atoms with Crippen LogP contribution in [-0.2, 0) is 4.74 Å². The Morgan fingerprint density at radius 1 is 1.33 bits per heavy atom. The minimum absolute atomic E-state index is 0.127. The molecule has 0 aromatic heterocycles. The third-order valence-corrected chi connectivity index (χ3v) is 2.64. The summed E-state index contributed by atoms with van der Waals surface area (Å²) in [6.45, 7) is 7.68. The summed E-state index contributed by atoms with van der Waals surface area (Å²) in [7, 11) is 0. The van der Waals surface area contributed by atoms with Crippen molar-refractivity contribution in [2.24, 2.45) is 0 Å². The van der Waals surface area contributed by atoms with Crippen LogP contribution in [0.15, 0.2) is 18.2 Å². The van der Waals surface area contributed by atoms with Gasteiger partial charge in [0.05, 0.1) is 0 Å². The Kier molecular flexibility index (Phi) is 6.68. The van der Waals surface area contributed by atoms with Gasteiger partial charge in [0.15, 0.2) is 6.79 Å². The van der Waals surface area contributed by atoms with Crippen molar-refractivity contribution < 1.29 is 13.9 Å². The number of benzene rings is 1. The van der Waals surface area contributed by atoms with E-state index in [1.54, 1.807) is 6.07 Å². The highest BCUT2D eigenvalue weighted by atomic mass is 19.1. The molecule has 0 fully saturated rings. The molecule has 1 aromatic carbocycles. The number of hydrogen-bond acceptors (Lipinski definition) is 3. The third kappa shape index (κ3) is 4.63. The predicted octanol–water partition coefficient (Wildman–Crippen LogP) is 3.26. The van der Waals surface area contributed by atoms with Crippen molar-refractivity contribution in [2.75, 3.05) is 19.9 Å². The zero-order chi connectivity index (χ0) is 13.4. The molecule has 1 unspecified atom stereocenters. The maximum Gasteiger partial charge on any atom is 0.189 e. The van der Waals surface area contributed by atoms with E-state index in [-0.39, 0.29) is 18.7 Å². The summed E-state index contributed by atoms with van der Waals surface area (Å²) in [5.41, 5.74) is 0.949. The van der Waals surface area contributed by atoms with Crippen molar-refractivity contribution in [1.29, 1.82) is 0 Å². The van der Waals surface area contributed by atoms with Crippen LogP contribution in [0.3, 0.4) is 0 Å². The molecule has 0 aliphatic carbocycles. The molecule has 0 heterocycles. The highest BCUT2D eigenvalue weighted by molar-refractivity contribution is 5.36.